The molecule has 0 saturated heterocycles. The Bertz CT molecular complexity index is 1270. The van der Waals surface area contributed by atoms with E-state index in [1.165, 1.54) is 4.52 Å². The normalized spacial score (nSPS) is 11.2. The Morgan fingerprint density at radius 2 is 2.22 bits per heavy atom. The first-order valence-electron chi connectivity index (χ1n) is 7.94. The molecule has 0 saturated carbocycles. The van der Waals surface area contributed by atoms with Gasteiger partial charge in [0.1, 0.15) is 0 Å². The molecule has 0 bridgehead atoms. The number of H-pyrrole nitrogens is 1. The number of hydrogen-bond acceptors (Lipinski definition) is 6. The van der Waals surface area contributed by atoms with E-state index in [2.05, 4.69) is 15.1 Å². The Labute approximate surface area is 156 Å². The van der Waals surface area contributed by atoms with Crippen LogP contribution in [0.3, 0.4) is 0 Å². The van der Waals surface area contributed by atoms with Crippen LogP contribution < -0.4 is 5.56 Å². The van der Waals surface area contributed by atoms with Gasteiger partial charge in [-0.1, -0.05) is 11.6 Å². The first-order valence-corrected chi connectivity index (χ1v) is 8.32. The maximum atomic E-state index is 12.3. The number of carbonyl (C=O) groups is 2. The van der Waals surface area contributed by atoms with Crippen LogP contribution in [0.25, 0.3) is 22.4 Å². The predicted molar refractivity (Wildman–Crippen MR) is 96.8 cm³/mol. The first-order chi connectivity index (χ1) is 13.0. The van der Waals surface area contributed by atoms with Gasteiger partial charge in [-0.3, -0.25) is 9.59 Å². The highest BCUT2D eigenvalue weighted by molar-refractivity contribution is 6.33. The number of nitrogens with zero attached hydrogens (tertiary/aromatic N) is 4. The van der Waals surface area contributed by atoms with Crippen LogP contribution in [0.1, 0.15) is 27.9 Å². The topological polar surface area (TPSA) is 111 Å². The molecule has 0 fully saturated rings. The van der Waals surface area contributed by atoms with E-state index in [1.54, 1.807) is 42.1 Å². The van der Waals surface area contributed by atoms with Crippen molar-refractivity contribution >= 4 is 40.5 Å². The van der Waals surface area contributed by atoms with Crippen molar-refractivity contribution in [3.8, 4) is 5.69 Å². The third-order valence-electron chi connectivity index (χ3n) is 3.94. The average molecular weight is 386 g/mol. The number of aromatic amines is 1. The molecule has 27 heavy (non-hydrogen) atoms. The van der Waals surface area contributed by atoms with Gasteiger partial charge in [0, 0.05) is 18.0 Å². The average Bonchev–Trinajstić information content (AvgIpc) is 3.29. The van der Waals surface area contributed by atoms with E-state index in [1.807, 2.05) is 0 Å². The molecule has 4 rings (SSSR count). The molecule has 1 aromatic carbocycles. The zero-order valence-corrected chi connectivity index (χ0v) is 14.7. The van der Waals surface area contributed by atoms with Crippen molar-refractivity contribution < 1.29 is 14.3 Å². The molecule has 0 unspecified atom stereocenters. The van der Waals surface area contributed by atoms with Crippen LogP contribution in [0, 0.1) is 0 Å². The highest BCUT2D eigenvalue weighted by Gasteiger charge is 2.18. The Morgan fingerprint density at radius 3 is 2.93 bits per heavy atom. The van der Waals surface area contributed by atoms with Gasteiger partial charge in [-0.25, -0.2) is 9.31 Å². The molecule has 9 nitrogen and oxygen atoms in total. The second kappa shape index (κ2) is 6.36. The number of ether oxygens (including phenoxy) is 1. The zero-order valence-electron chi connectivity index (χ0n) is 14.0. The molecule has 1 N–H and O–H groups in total. The van der Waals surface area contributed by atoms with Crippen molar-refractivity contribution in [1.82, 2.24) is 24.1 Å². The number of esters is 1. The lowest BCUT2D eigenvalue weighted by atomic mass is 10.2. The molecule has 10 heteroatoms. The molecule has 3 heterocycles. The minimum Gasteiger partial charge on any atom is -0.460 e. The Hall–Kier alpha value is -3.46. The highest BCUT2D eigenvalue weighted by atomic mass is 35.5. The number of halogens is 1. The summed E-state index contributed by atoms with van der Waals surface area (Å²) < 4.78 is 7.83. The monoisotopic (exact) mass is 385 g/mol. The number of aromatic nitrogens is 5. The van der Waals surface area contributed by atoms with Crippen molar-refractivity contribution in [3.63, 3.8) is 0 Å². The summed E-state index contributed by atoms with van der Waals surface area (Å²) in [6.45, 7) is 1.83. The van der Waals surface area contributed by atoms with Gasteiger partial charge in [0.15, 0.2) is 6.29 Å². The molecular weight excluding hydrogens is 374 g/mol. The van der Waals surface area contributed by atoms with Gasteiger partial charge < -0.3 is 14.3 Å². The van der Waals surface area contributed by atoms with E-state index in [0.717, 1.165) is 6.29 Å². The maximum absolute atomic E-state index is 12.3. The van der Waals surface area contributed by atoms with Crippen molar-refractivity contribution in [2.75, 3.05) is 6.61 Å². The number of carbonyl (C=O) groups excluding carboxylic acids is 2. The third-order valence-corrected chi connectivity index (χ3v) is 4.24. The third kappa shape index (κ3) is 2.77. The number of rotatable bonds is 4. The number of nitrogens with one attached hydrogen (secondary N) is 1. The fraction of sp³-hybridized carbons (Fsp3) is 0.118. The zero-order chi connectivity index (χ0) is 19.1. The Kier molecular flexibility index (Phi) is 4.00. The van der Waals surface area contributed by atoms with E-state index in [4.69, 9.17) is 16.3 Å². The molecule has 0 spiro atoms. The summed E-state index contributed by atoms with van der Waals surface area (Å²) >= 11 is 6.34. The van der Waals surface area contributed by atoms with E-state index in [-0.39, 0.29) is 18.1 Å². The second-order valence-corrected chi connectivity index (χ2v) is 6.04. The van der Waals surface area contributed by atoms with Crippen LogP contribution in [0.4, 0.5) is 0 Å². The number of aldehydes is 1. The summed E-state index contributed by atoms with van der Waals surface area (Å²) in [6.07, 6.45) is 4.03. The fourth-order valence-corrected chi connectivity index (χ4v) is 3.01. The molecule has 0 aliphatic carbocycles. The molecule has 0 aliphatic rings. The van der Waals surface area contributed by atoms with Crippen LogP contribution in [0.15, 0.2) is 35.4 Å². The molecule has 0 aliphatic heterocycles. The Morgan fingerprint density at radius 1 is 1.41 bits per heavy atom. The van der Waals surface area contributed by atoms with Crippen LogP contribution in [-0.2, 0) is 4.74 Å². The standard InChI is InChI=1S/C17H12ClN5O4/c1-2-27-17(26)14-20-15-16(25)19-11-5-10(18)12(6-13(11)23(15)21-14)22-4-3-9(7-22)8-24/h3-8H,2H2,1H3,(H,19,25). The first kappa shape index (κ1) is 17.0. The second-order valence-electron chi connectivity index (χ2n) is 5.64. The molecule has 0 atom stereocenters. The summed E-state index contributed by atoms with van der Waals surface area (Å²) in [5, 5.41) is 4.47. The summed E-state index contributed by atoms with van der Waals surface area (Å²) in [5.74, 6) is -0.931. The summed E-state index contributed by atoms with van der Waals surface area (Å²) in [7, 11) is 0. The molecule has 4 aromatic rings. The van der Waals surface area contributed by atoms with Crippen molar-refractivity contribution in [2.24, 2.45) is 0 Å². The fourth-order valence-electron chi connectivity index (χ4n) is 2.74. The van der Waals surface area contributed by atoms with E-state index >= 15 is 0 Å². The summed E-state index contributed by atoms with van der Waals surface area (Å²) in [4.78, 5) is 41.8. The minimum atomic E-state index is -0.719. The lowest BCUT2D eigenvalue weighted by Gasteiger charge is -2.08. The number of benzene rings is 1. The summed E-state index contributed by atoms with van der Waals surface area (Å²) in [5.41, 5.74) is 1.40. The van der Waals surface area contributed by atoms with Gasteiger partial charge in [0.2, 0.25) is 5.65 Å². The van der Waals surface area contributed by atoms with E-state index in [0.29, 0.717) is 27.3 Å². The van der Waals surface area contributed by atoms with Crippen molar-refractivity contribution in [2.45, 2.75) is 6.92 Å². The quantitative estimate of drug-likeness (QED) is 0.425. The SMILES string of the molecule is CCOC(=O)c1nc2c(=O)[nH]c3cc(Cl)c(-n4ccc(C=O)c4)cc3n2n1. The molecule has 0 amide bonds. The van der Waals surface area contributed by atoms with Crippen LogP contribution in [0.5, 0.6) is 0 Å². The van der Waals surface area contributed by atoms with Gasteiger partial charge in [0.05, 0.1) is 28.4 Å². The molecular formula is C17H12ClN5O4. The lowest BCUT2D eigenvalue weighted by molar-refractivity contribution is 0.0512. The molecule has 3 aromatic heterocycles. The molecule has 0 radical (unpaired) electrons. The smallest absolute Gasteiger partial charge is 0.378 e. The van der Waals surface area contributed by atoms with Crippen molar-refractivity contribution in [1.29, 1.82) is 0 Å². The number of hydrogen-bond donors (Lipinski definition) is 1. The highest BCUT2D eigenvalue weighted by Crippen LogP contribution is 2.26. The van der Waals surface area contributed by atoms with Crippen LogP contribution >= 0.6 is 11.6 Å². The van der Waals surface area contributed by atoms with Crippen LogP contribution in [0.2, 0.25) is 5.02 Å². The van der Waals surface area contributed by atoms with Crippen LogP contribution in [-0.4, -0.2) is 43.0 Å². The predicted octanol–water partition coefficient (Wildman–Crippen LogP) is 2.00. The van der Waals surface area contributed by atoms with Gasteiger partial charge in [-0.2, -0.15) is 4.98 Å². The molecule has 136 valence electrons. The Balaban J connectivity index is 1.99. The van der Waals surface area contributed by atoms with E-state index in [9.17, 15) is 14.4 Å². The van der Waals surface area contributed by atoms with Crippen molar-refractivity contribution in [3.05, 3.63) is 57.4 Å². The maximum Gasteiger partial charge on any atom is 0.378 e. The van der Waals surface area contributed by atoms with E-state index < -0.39 is 11.5 Å². The lowest BCUT2D eigenvalue weighted by Crippen LogP contribution is -2.11. The van der Waals surface area contributed by atoms with Gasteiger partial charge in [-0.15, -0.1) is 5.10 Å². The van der Waals surface area contributed by atoms with Gasteiger partial charge >= 0.3 is 5.97 Å². The summed E-state index contributed by atoms with van der Waals surface area (Å²) in [6, 6.07) is 4.89. The van der Waals surface area contributed by atoms with Gasteiger partial charge in [-0.05, 0) is 25.1 Å². The largest absolute Gasteiger partial charge is 0.460 e. The minimum absolute atomic E-state index is 0.0417. The van der Waals surface area contributed by atoms with Gasteiger partial charge in [0.25, 0.3) is 11.4 Å². The number of fused-ring (bicyclic) bond motifs is 3.